The Morgan fingerprint density at radius 3 is 2.47 bits per heavy atom. The average Bonchev–Trinajstić information content (AvgIpc) is 2.77. The number of hydrogen-bond acceptors (Lipinski definition) is 3. The minimum absolute atomic E-state index is 0.0959. The number of alkyl halides is 3. The van der Waals surface area contributed by atoms with Gasteiger partial charge in [0.05, 0.1) is 18.2 Å². The van der Waals surface area contributed by atoms with E-state index in [0.29, 0.717) is 45.4 Å². The minimum atomic E-state index is -4.72. The van der Waals surface area contributed by atoms with Crippen LogP contribution >= 0.6 is 11.6 Å². The van der Waals surface area contributed by atoms with E-state index in [1.165, 1.54) is 7.11 Å². The fourth-order valence-electron chi connectivity index (χ4n) is 3.07. The smallest absolute Gasteiger partial charge is 0.416 e. The van der Waals surface area contributed by atoms with Crippen LogP contribution in [0.15, 0.2) is 54.6 Å². The normalized spacial score (nSPS) is 11.2. The zero-order valence-electron chi connectivity index (χ0n) is 16.6. The molecule has 0 saturated carbocycles. The van der Waals surface area contributed by atoms with Gasteiger partial charge in [-0.1, -0.05) is 23.7 Å². The van der Waals surface area contributed by atoms with E-state index in [-0.39, 0.29) is 12.6 Å². The van der Waals surface area contributed by atoms with Crippen molar-refractivity contribution in [3.63, 3.8) is 0 Å². The second-order valence-electron chi connectivity index (χ2n) is 6.76. The standard InChI is InChI=1S/C23H16ClF4NO3/c1-32-21-7-3-14(18-8-13(12-30)2-6-19(18)24)9-15(21)11-29-22(31)17-5-4-16(10-20(17)25)23(26,27)28/h2-10,12H,11H2,1H3,(H,29,31). The maximum absolute atomic E-state index is 14.1. The van der Waals surface area contributed by atoms with Gasteiger partial charge in [0.1, 0.15) is 17.9 Å². The van der Waals surface area contributed by atoms with Crippen LogP contribution in [0.4, 0.5) is 17.6 Å². The van der Waals surface area contributed by atoms with E-state index >= 15 is 0 Å². The number of benzene rings is 3. The fraction of sp³-hybridized carbons (Fsp3) is 0.130. The van der Waals surface area contributed by atoms with Crippen molar-refractivity contribution in [2.75, 3.05) is 7.11 Å². The van der Waals surface area contributed by atoms with Crippen LogP contribution in [0.2, 0.25) is 5.02 Å². The predicted molar refractivity (Wildman–Crippen MR) is 111 cm³/mol. The summed E-state index contributed by atoms with van der Waals surface area (Å²) in [6, 6.07) is 11.5. The molecule has 0 atom stereocenters. The minimum Gasteiger partial charge on any atom is -0.496 e. The van der Waals surface area contributed by atoms with Gasteiger partial charge in [0.25, 0.3) is 5.91 Å². The highest BCUT2D eigenvalue weighted by atomic mass is 35.5. The van der Waals surface area contributed by atoms with Gasteiger partial charge < -0.3 is 10.1 Å². The maximum Gasteiger partial charge on any atom is 0.416 e. The summed E-state index contributed by atoms with van der Waals surface area (Å²) in [7, 11) is 1.43. The SMILES string of the molecule is COc1ccc(-c2cc(C=O)ccc2Cl)cc1CNC(=O)c1ccc(C(F)(F)F)cc1F. The van der Waals surface area contributed by atoms with E-state index < -0.39 is 29.0 Å². The largest absolute Gasteiger partial charge is 0.496 e. The monoisotopic (exact) mass is 465 g/mol. The summed E-state index contributed by atoms with van der Waals surface area (Å²) >= 11 is 6.24. The molecule has 0 saturated heterocycles. The van der Waals surface area contributed by atoms with Crippen LogP contribution in [0.25, 0.3) is 11.1 Å². The van der Waals surface area contributed by atoms with Gasteiger partial charge in [0, 0.05) is 28.3 Å². The molecule has 0 bridgehead atoms. The topological polar surface area (TPSA) is 55.4 Å². The summed E-state index contributed by atoms with van der Waals surface area (Å²) in [6.45, 7) is -0.0959. The maximum atomic E-state index is 14.1. The Morgan fingerprint density at radius 2 is 1.84 bits per heavy atom. The van der Waals surface area contributed by atoms with E-state index in [4.69, 9.17) is 16.3 Å². The van der Waals surface area contributed by atoms with Crippen LogP contribution in [-0.2, 0) is 12.7 Å². The molecule has 3 aromatic carbocycles. The molecule has 0 radical (unpaired) electrons. The zero-order chi connectivity index (χ0) is 23.5. The molecule has 0 aliphatic carbocycles. The third-order valence-corrected chi connectivity index (χ3v) is 5.03. The molecular weight excluding hydrogens is 450 g/mol. The number of ether oxygens (including phenoxy) is 1. The van der Waals surface area contributed by atoms with E-state index in [9.17, 15) is 27.2 Å². The number of methoxy groups -OCH3 is 1. The first-order valence-electron chi connectivity index (χ1n) is 9.21. The lowest BCUT2D eigenvalue weighted by molar-refractivity contribution is -0.137. The van der Waals surface area contributed by atoms with Crippen molar-refractivity contribution in [3.8, 4) is 16.9 Å². The number of aldehydes is 1. The Labute approximate surface area is 185 Å². The second kappa shape index (κ2) is 9.40. The highest BCUT2D eigenvalue weighted by Gasteiger charge is 2.31. The van der Waals surface area contributed by atoms with E-state index in [0.717, 1.165) is 6.07 Å². The van der Waals surface area contributed by atoms with Crippen LogP contribution in [0, 0.1) is 5.82 Å². The van der Waals surface area contributed by atoms with Crippen LogP contribution in [-0.4, -0.2) is 19.3 Å². The van der Waals surface area contributed by atoms with Crippen molar-refractivity contribution < 1.29 is 31.9 Å². The van der Waals surface area contributed by atoms with Gasteiger partial charge in [0.2, 0.25) is 0 Å². The van der Waals surface area contributed by atoms with Crippen LogP contribution < -0.4 is 10.1 Å². The number of amides is 1. The molecule has 0 heterocycles. The van der Waals surface area contributed by atoms with Crippen LogP contribution in [0.3, 0.4) is 0 Å². The van der Waals surface area contributed by atoms with Gasteiger partial charge in [-0.15, -0.1) is 0 Å². The summed E-state index contributed by atoms with van der Waals surface area (Å²) in [5.74, 6) is -1.75. The third kappa shape index (κ3) is 5.08. The molecule has 3 aromatic rings. The summed E-state index contributed by atoms with van der Waals surface area (Å²) in [4.78, 5) is 23.4. The molecule has 0 aliphatic heterocycles. The highest BCUT2D eigenvalue weighted by Crippen LogP contribution is 2.33. The summed E-state index contributed by atoms with van der Waals surface area (Å²) in [5.41, 5.74) is 0.459. The predicted octanol–water partition coefficient (Wildman–Crippen LogP) is 5.92. The number of carbonyl (C=O) groups is 2. The van der Waals surface area contributed by atoms with Gasteiger partial charge in [0.15, 0.2) is 0 Å². The molecule has 4 nitrogen and oxygen atoms in total. The number of halogens is 5. The van der Waals surface area contributed by atoms with Crippen molar-refractivity contribution in [3.05, 3.63) is 87.7 Å². The summed E-state index contributed by atoms with van der Waals surface area (Å²) < 4.78 is 57.5. The molecule has 0 fully saturated rings. The first kappa shape index (κ1) is 23.3. The lowest BCUT2D eigenvalue weighted by atomic mass is 10.0. The number of rotatable bonds is 6. The van der Waals surface area contributed by atoms with Crippen molar-refractivity contribution in [1.82, 2.24) is 5.32 Å². The molecule has 0 unspecified atom stereocenters. The molecule has 32 heavy (non-hydrogen) atoms. The van der Waals surface area contributed by atoms with Gasteiger partial charge in [-0.2, -0.15) is 13.2 Å². The third-order valence-electron chi connectivity index (χ3n) is 4.70. The Balaban J connectivity index is 1.85. The van der Waals surface area contributed by atoms with Crippen LogP contribution in [0.5, 0.6) is 5.75 Å². The average molecular weight is 466 g/mol. The lowest BCUT2D eigenvalue weighted by Gasteiger charge is -2.14. The van der Waals surface area contributed by atoms with Gasteiger partial charge in [-0.3, -0.25) is 9.59 Å². The number of nitrogens with one attached hydrogen (secondary N) is 1. The highest BCUT2D eigenvalue weighted by molar-refractivity contribution is 6.33. The van der Waals surface area contributed by atoms with E-state index in [1.54, 1.807) is 36.4 Å². The lowest BCUT2D eigenvalue weighted by Crippen LogP contribution is -2.24. The van der Waals surface area contributed by atoms with Gasteiger partial charge in [-0.25, -0.2) is 4.39 Å². The van der Waals surface area contributed by atoms with Gasteiger partial charge in [-0.05, 0) is 48.0 Å². The van der Waals surface area contributed by atoms with Gasteiger partial charge >= 0.3 is 6.18 Å². The van der Waals surface area contributed by atoms with Crippen molar-refractivity contribution in [2.24, 2.45) is 0 Å². The summed E-state index contributed by atoms with van der Waals surface area (Å²) in [5, 5.41) is 2.88. The first-order chi connectivity index (χ1) is 15.1. The molecule has 3 rings (SSSR count). The zero-order valence-corrected chi connectivity index (χ0v) is 17.4. The molecule has 0 aromatic heterocycles. The Bertz CT molecular complexity index is 1180. The number of hydrogen-bond donors (Lipinski definition) is 1. The second-order valence-corrected chi connectivity index (χ2v) is 7.17. The summed E-state index contributed by atoms with van der Waals surface area (Å²) in [6.07, 6.45) is -4.03. The first-order valence-corrected chi connectivity index (χ1v) is 9.58. The molecule has 0 aliphatic rings. The molecule has 1 amide bonds. The quantitative estimate of drug-likeness (QED) is 0.363. The molecule has 9 heteroatoms. The van der Waals surface area contributed by atoms with E-state index in [1.807, 2.05) is 0 Å². The molecule has 0 spiro atoms. The number of carbonyl (C=O) groups excluding carboxylic acids is 2. The Morgan fingerprint density at radius 1 is 1.09 bits per heavy atom. The van der Waals surface area contributed by atoms with Crippen LogP contribution in [0.1, 0.15) is 31.8 Å². The fourth-order valence-corrected chi connectivity index (χ4v) is 3.29. The van der Waals surface area contributed by atoms with Crippen molar-refractivity contribution >= 4 is 23.8 Å². The van der Waals surface area contributed by atoms with Crippen molar-refractivity contribution in [1.29, 1.82) is 0 Å². The van der Waals surface area contributed by atoms with Crippen molar-refractivity contribution in [2.45, 2.75) is 12.7 Å². The Hall–Kier alpha value is -3.39. The molecule has 1 N–H and O–H groups in total. The Kier molecular flexibility index (Phi) is 6.84. The molecular formula is C23H16ClF4NO3. The van der Waals surface area contributed by atoms with E-state index in [2.05, 4.69) is 5.32 Å². The molecule has 166 valence electrons.